The Morgan fingerprint density at radius 2 is 2.15 bits per heavy atom. The normalized spacial score (nSPS) is 15.1. The SMILES string of the molecule is CCOC(=O)C(C)NCC(C)CO. The van der Waals surface area contributed by atoms with E-state index in [0.29, 0.717) is 13.2 Å². The lowest BCUT2D eigenvalue weighted by Crippen LogP contribution is -2.38. The second kappa shape index (κ2) is 6.86. The van der Waals surface area contributed by atoms with E-state index in [-0.39, 0.29) is 24.5 Å². The lowest BCUT2D eigenvalue weighted by Gasteiger charge is -2.14. The van der Waals surface area contributed by atoms with Crippen LogP contribution >= 0.6 is 0 Å². The summed E-state index contributed by atoms with van der Waals surface area (Å²) in [5.41, 5.74) is 0. The van der Waals surface area contributed by atoms with Crippen LogP contribution in [0.25, 0.3) is 0 Å². The molecule has 0 rings (SSSR count). The largest absolute Gasteiger partial charge is 0.465 e. The number of esters is 1. The highest BCUT2D eigenvalue weighted by molar-refractivity contribution is 5.75. The molecule has 2 unspecified atom stereocenters. The van der Waals surface area contributed by atoms with Crippen LogP contribution in [0.3, 0.4) is 0 Å². The first-order valence-corrected chi connectivity index (χ1v) is 4.62. The van der Waals surface area contributed by atoms with Gasteiger partial charge in [-0.25, -0.2) is 0 Å². The summed E-state index contributed by atoms with van der Waals surface area (Å²) >= 11 is 0. The van der Waals surface area contributed by atoms with Gasteiger partial charge in [-0.05, 0) is 19.8 Å². The Balaban J connectivity index is 3.60. The van der Waals surface area contributed by atoms with Gasteiger partial charge in [0.05, 0.1) is 6.61 Å². The van der Waals surface area contributed by atoms with Gasteiger partial charge in [-0.3, -0.25) is 4.79 Å². The van der Waals surface area contributed by atoms with Crippen LogP contribution in [-0.2, 0) is 9.53 Å². The van der Waals surface area contributed by atoms with Crippen molar-refractivity contribution in [3.63, 3.8) is 0 Å². The molecule has 0 saturated heterocycles. The van der Waals surface area contributed by atoms with Crippen LogP contribution in [0.15, 0.2) is 0 Å². The minimum atomic E-state index is -0.297. The molecule has 0 saturated carbocycles. The summed E-state index contributed by atoms with van der Waals surface area (Å²) < 4.78 is 4.81. The summed E-state index contributed by atoms with van der Waals surface area (Å²) in [5, 5.41) is 11.7. The molecule has 0 bridgehead atoms. The number of carbonyl (C=O) groups excluding carboxylic acids is 1. The number of hydrogen-bond donors (Lipinski definition) is 2. The zero-order valence-electron chi connectivity index (χ0n) is 8.54. The fourth-order valence-electron chi connectivity index (χ4n) is 0.793. The lowest BCUT2D eigenvalue weighted by molar-refractivity contribution is -0.145. The predicted molar refractivity (Wildman–Crippen MR) is 50.3 cm³/mol. The molecule has 0 aromatic carbocycles. The molecule has 0 aliphatic heterocycles. The number of nitrogens with one attached hydrogen (secondary N) is 1. The molecule has 0 amide bonds. The number of aliphatic hydroxyl groups is 1. The van der Waals surface area contributed by atoms with Crippen molar-refractivity contribution >= 4 is 5.97 Å². The summed E-state index contributed by atoms with van der Waals surface area (Å²) in [6.45, 7) is 6.59. The summed E-state index contributed by atoms with van der Waals surface area (Å²) in [7, 11) is 0. The van der Waals surface area contributed by atoms with Crippen LogP contribution in [0.5, 0.6) is 0 Å². The molecule has 0 radical (unpaired) electrons. The van der Waals surface area contributed by atoms with Crippen molar-refractivity contribution in [1.82, 2.24) is 5.32 Å². The van der Waals surface area contributed by atoms with Crippen LogP contribution in [0.1, 0.15) is 20.8 Å². The third kappa shape index (κ3) is 5.60. The molecule has 0 aromatic rings. The maximum atomic E-state index is 11.1. The lowest BCUT2D eigenvalue weighted by atomic mass is 10.2. The molecular weight excluding hydrogens is 170 g/mol. The van der Waals surface area contributed by atoms with E-state index in [9.17, 15) is 4.79 Å². The van der Waals surface area contributed by atoms with Crippen LogP contribution < -0.4 is 5.32 Å². The van der Waals surface area contributed by atoms with Crippen molar-refractivity contribution in [1.29, 1.82) is 0 Å². The standard InChI is InChI=1S/C9H19NO3/c1-4-13-9(12)8(3)10-5-7(2)6-11/h7-8,10-11H,4-6H2,1-3H3. The Kier molecular flexibility index (Phi) is 6.54. The van der Waals surface area contributed by atoms with Crippen molar-refractivity contribution in [3.8, 4) is 0 Å². The monoisotopic (exact) mass is 189 g/mol. The van der Waals surface area contributed by atoms with E-state index in [4.69, 9.17) is 9.84 Å². The van der Waals surface area contributed by atoms with Crippen LogP contribution in [0.2, 0.25) is 0 Å². The third-order valence-electron chi connectivity index (χ3n) is 1.72. The van der Waals surface area contributed by atoms with E-state index in [0.717, 1.165) is 0 Å². The van der Waals surface area contributed by atoms with Gasteiger partial charge in [-0.15, -0.1) is 0 Å². The third-order valence-corrected chi connectivity index (χ3v) is 1.72. The Bertz CT molecular complexity index is 150. The molecule has 0 spiro atoms. The van der Waals surface area contributed by atoms with Gasteiger partial charge in [-0.1, -0.05) is 6.92 Å². The molecule has 2 atom stereocenters. The predicted octanol–water partition coefficient (Wildman–Crippen LogP) is 0.156. The van der Waals surface area contributed by atoms with Gasteiger partial charge in [-0.2, -0.15) is 0 Å². The molecule has 13 heavy (non-hydrogen) atoms. The summed E-state index contributed by atoms with van der Waals surface area (Å²) in [5.74, 6) is -0.0792. The fourth-order valence-corrected chi connectivity index (χ4v) is 0.793. The highest BCUT2D eigenvalue weighted by Gasteiger charge is 2.13. The van der Waals surface area contributed by atoms with E-state index in [1.54, 1.807) is 13.8 Å². The molecule has 78 valence electrons. The van der Waals surface area contributed by atoms with E-state index in [2.05, 4.69) is 5.32 Å². The minimum absolute atomic E-state index is 0.128. The first kappa shape index (κ1) is 12.4. The Morgan fingerprint density at radius 1 is 1.54 bits per heavy atom. The summed E-state index contributed by atoms with van der Waals surface area (Å²) in [4.78, 5) is 11.1. The maximum Gasteiger partial charge on any atom is 0.322 e. The first-order chi connectivity index (χ1) is 6.11. The fraction of sp³-hybridized carbons (Fsp3) is 0.889. The van der Waals surface area contributed by atoms with Gasteiger partial charge in [0.2, 0.25) is 0 Å². The Labute approximate surface area is 79.3 Å². The van der Waals surface area contributed by atoms with Gasteiger partial charge in [0.1, 0.15) is 6.04 Å². The minimum Gasteiger partial charge on any atom is -0.465 e. The van der Waals surface area contributed by atoms with Gasteiger partial charge in [0.15, 0.2) is 0 Å². The number of aliphatic hydroxyl groups excluding tert-OH is 1. The zero-order valence-corrected chi connectivity index (χ0v) is 8.54. The molecule has 0 aromatic heterocycles. The van der Waals surface area contributed by atoms with Gasteiger partial charge >= 0.3 is 5.97 Å². The van der Waals surface area contributed by atoms with E-state index in [1.807, 2.05) is 6.92 Å². The van der Waals surface area contributed by atoms with Gasteiger partial charge in [0, 0.05) is 13.2 Å². The number of hydrogen-bond acceptors (Lipinski definition) is 4. The molecule has 0 fully saturated rings. The quantitative estimate of drug-likeness (QED) is 0.584. The molecule has 0 aliphatic rings. The van der Waals surface area contributed by atoms with Gasteiger partial charge in [0.25, 0.3) is 0 Å². The summed E-state index contributed by atoms with van der Waals surface area (Å²) in [6.07, 6.45) is 0. The molecule has 0 aliphatic carbocycles. The van der Waals surface area contributed by atoms with Crippen molar-refractivity contribution < 1.29 is 14.6 Å². The van der Waals surface area contributed by atoms with E-state index < -0.39 is 0 Å². The molecular formula is C9H19NO3. The summed E-state index contributed by atoms with van der Waals surface area (Å²) in [6, 6.07) is -0.297. The topological polar surface area (TPSA) is 58.6 Å². The highest BCUT2D eigenvalue weighted by atomic mass is 16.5. The smallest absolute Gasteiger partial charge is 0.322 e. The molecule has 0 heterocycles. The van der Waals surface area contributed by atoms with Crippen molar-refractivity contribution in [2.45, 2.75) is 26.8 Å². The molecule has 2 N–H and O–H groups in total. The average Bonchev–Trinajstić information content (AvgIpc) is 2.13. The molecule has 4 nitrogen and oxygen atoms in total. The molecule has 4 heteroatoms. The second-order valence-electron chi connectivity index (χ2n) is 3.17. The Morgan fingerprint density at radius 3 is 2.62 bits per heavy atom. The van der Waals surface area contributed by atoms with E-state index >= 15 is 0 Å². The van der Waals surface area contributed by atoms with Crippen molar-refractivity contribution in [3.05, 3.63) is 0 Å². The first-order valence-electron chi connectivity index (χ1n) is 4.62. The Hall–Kier alpha value is -0.610. The number of ether oxygens (including phenoxy) is 1. The van der Waals surface area contributed by atoms with Gasteiger partial charge < -0.3 is 15.2 Å². The van der Waals surface area contributed by atoms with Crippen LogP contribution in [-0.4, -0.2) is 36.9 Å². The van der Waals surface area contributed by atoms with E-state index in [1.165, 1.54) is 0 Å². The zero-order chi connectivity index (χ0) is 10.3. The van der Waals surface area contributed by atoms with Crippen LogP contribution in [0, 0.1) is 5.92 Å². The van der Waals surface area contributed by atoms with Crippen molar-refractivity contribution in [2.75, 3.05) is 19.8 Å². The maximum absolute atomic E-state index is 11.1. The number of carbonyl (C=O) groups is 1. The number of rotatable bonds is 6. The second-order valence-corrected chi connectivity index (χ2v) is 3.17. The average molecular weight is 189 g/mol. The highest BCUT2D eigenvalue weighted by Crippen LogP contribution is 1.93. The van der Waals surface area contributed by atoms with Crippen LogP contribution in [0.4, 0.5) is 0 Å². The van der Waals surface area contributed by atoms with Crippen molar-refractivity contribution in [2.24, 2.45) is 5.92 Å².